The van der Waals surface area contributed by atoms with E-state index in [1.54, 1.807) is 21.6 Å². The first kappa shape index (κ1) is 10.1. The molecule has 0 aliphatic rings. The molecule has 0 spiro atoms. The highest BCUT2D eigenvalue weighted by Gasteiger charge is 1.87. The molecule has 0 heterocycles. The minimum Gasteiger partial charge on any atom is -0.330 e. The second-order valence-corrected chi connectivity index (χ2v) is 4.13. The highest BCUT2D eigenvalue weighted by molar-refractivity contribution is 8.76. The van der Waals surface area contributed by atoms with Crippen LogP contribution in [-0.2, 0) is 0 Å². The molecule has 10 heavy (non-hydrogen) atoms. The molecule has 3 N–H and O–H groups in total. The molecule has 0 unspecified atom stereocenters. The van der Waals surface area contributed by atoms with Crippen LogP contribution in [0.25, 0.3) is 0 Å². The Hall–Kier alpha value is 0.0600. The van der Waals surface area contributed by atoms with E-state index >= 15 is 0 Å². The van der Waals surface area contributed by atoms with Crippen molar-refractivity contribution in [2.75, 3.05) is 24.6 Å². The van der Waals surface area contributed by atoms with E-state index in [0.29, 0.717) is 13.1 Å². The van der Waals surface area contributed by atoms with Gasteiger partial charge in [0.1, 0.15) is 0 Å². The molecule has 0 aromatic rings. The second-order valence-electron chi connectivity index (χ2n) is 1.43. The normalized spacial score (nSPS) is 9.30. The number of nitroso groups, excluding NO2 is 1. The van der Waals surface area contributed by atoms with Gasteiger partial charge in [0.25, 0.3) is 0 Å². The number of nitrogens with one attached hydrogen (secondary N) is 1. The van der Waals surface area contributed by atoms with E-state index < -0.39 is 0 Å². The van der Waals surface area contributed by atoms with Gasteiger partial charge >= 0.3 is 0 Å². The largest absolute Gasteiger partial charge is 0.330 e. The fourth-order valence-corrected chi connectivity index (χ4v) is 2.05. The van der Waals surface area contributed by atoms with Gasteiger partial charge in [-0.05, 0) is 0 Å². The molecule has 0 fully saturated rings. The summed E-state index contributed by atoms with van der Waals surface area (Å²) in [5.74, 6) is 1.84. The van der Waals surface area contributed by atoms with Crippen molar-refractivity contribution >= 4 is 21.6 Å². The second kappa shape index (κ2) is 9.06. The number of rotatable bonds is 7. The molecular formula is C4H11N3OS2. The Kier molecular flexibility index (Phi) is 9.11. The molecule has 0 amide bonds. The van der Waals surface area contributed by atoms with E-state index in [1.807, 2.05) is 0 Å². The molecule has 0 aromatic heterocycles. The molecule has 0 bridgehead atoms. The fourth-order valence-electron chi connectivity index (χ4n) is 0.299. The van der Waals surface area contributed by atoms with Crippen molar-refractivity contribution in [2.24, 2.45) is 11.0 Å². The van der Waals surface area contributed by atoms with Crippen molar-refractivity contribution < 1.29 is 0 Å². The predicted octanol–water partition coefficient (Wildman–Crippen LogP) is 0.597. The molecule has 0 atom stereocenters. The Morgan fingerprint density at radius 1 is 1.40 bits per heavy atom. The van der Waals surface area contributed by atoms with E-state index in [1.165, 1.54) is 0 Å². The fraction of sp³-hybridized carbons (Fsp3) is 1.00. The van der Waals surface area contributed by atoms with Crippen LogP contribution in [0.2, 0.25) is 0 Å². The lowest BCUT2D eigenvalue weighted by Crippen LogP contribution is -2.07. The highest BCUT2D eigenvalue weighted by Crippen LogP contribution is 2.18. The zero-order chi connectivity index (χ0) is 7.66. The van der Waals surface area contributed by atoms with Crippen LogP contribution in [0.15, 0.2) is 5.29 Å². The van der Waals surface area contributed by atoms with Crippen LogP contribution in [0.3, 0.4) is 0 Å². The van der Waals surface area contributed by atoms with Gasteiger partial charge in [-0.15, -0.1) is 4.91 Å². The quantitative estimate of drug-likeness (QED) is 0.260. The van der Waals surface area contributed by atoms with Crippen molar-refractivity contribution in [2.45, 2.75) is 0 Å². The van der Waals surface area contributed by atoms with Crippen LogP contribution in [-0.4, -0.2) is 24.6 Å². The zero-order valence-corrected chi connectivity index (χ0v) is 7.21. The lowest BCUT2D eigenvalue weighted by atomic mass is 10.8. The maximum Gasteiger partial charge on any atom is 0.0496 e. The van der Waals surface area contributed by atoms with Crippen LogP contribution in [0, 0.1) is 4.91 Å². The Balaban J connectivity index is 2.70. The van der Waals surface area contributed by atoms with Crippen molar-refractivity contribution in [3.63, 3.8) is 0 Å². The van der Waals surface area contributed by atoms with Gasteiger partial charge in [0, 0.05) is 29.9 Å². The third-order valence-electron chi connectivity index (χ3n) is 0.646. The molecular weight excluding hydrogens is 170 g/mol. The Bertz CT molecular complexity index is 82.9. The average Bonchev–Trinajstić information content (AvgIpc) is 1.97. The number of nitrogens with two attached hydrogens (primary N) is 1. The first-order valence-corrected chi connectivity index (χ1v) is 5.40. The van der Waals surface area contributed by atoms with Crippen molar-refractivity contribution in [3.8, 4) is 0 Å². The number of hydrogen-bond donors (Lipinski definition) is 2. The number of hydrogen-bond acceptors (Lipinski definition) is 5. The van der Waals surface area contributed by atoms with E-state index in [4.69, 9.17) is 5.73 Å². The third kappa shape index (κ3) is 8.06. The standard InChI is InChI=1S/C4H11N3OS2/c5-1-3-9-10-4-2-6-7-8/h1-5H2,(H,6,8). The smallest absolute Gasteiger partial charge is 0.0496 e. The molecule has 4 nitrogen and oxygen atoms in total. The van der Waals surface area contributed by atoms with Gasteiger partial charge in [-0.2, -0.15) is 0 Å². The average molecular weight is 181 g/mol. The molecule has 0 aliphatic carbocycles. The maximum absolute atomic E-state index is 9.50. The SMILES string of the molecule is NCCSSCCNN=O. The van der Waals surface area contributed by atoms with Crippen LogP contribution < -0.4 is 11.2 Å². The zero-order valence-electron chi connectivity index (χ0n) is 5.58. The summed E-state index contributed by atoms with van der Waals surface area (Å²) >= 11 is 0. The topological polar surface area (TPSA) is 67.5 Å². The van der Waals surface area contributed by atoms with Crippen molar-refractivity contribution in [1.29, 1.82) is 0 Å². The van der Waals surface area contributed by atoms with Gasteiger partial charge < -0.3 is 5.73 Å². The Morgan fingerprint density at radius 3 is 2.70 bits per heavy atom. The monoisotopic (exact) mass is 181 g/mol. The molecule has 0 aromatic carbocycles. The lowest BCUT2D eigenvalue weighted by molar-refractivity contribution is 0.782. The Morgan fingerprint density at radius 2 is 2.10 bits per heavy atom. The summed E-state index contributed by atoms with van der Waals surface area (Å²) in [7, 11) is 3.40. The van der Waals surface area contributed by atoms with E-state index in [9.17, 15) is 4.91 Å². The van der Waals surface area contributed by atoms with Crippen LogP contribution in [0.5, 0.6) is 0 Å². The van der Waals surface area contributed by atoms with Gasteiger partial charge in [0.05, 0.1) is 0 Å². The third-order valence-corrected chi connectivity index (χ3v) is 3.09. The summed E-state index contributed by atoms with van der Waals surface area (Å²) in [5, 5.41) is 2.51. The number of nitrogens with zero attached hydrogens (tertiary/aromatic N) is 1. The van der Waals surface area contributed by atoms with E-state index in [0.717, 1.165) is 11.5 Å². The maximum atomic E-state index is 9.50. The molecule has 0 radical (unpaired) electrons. The van der Waals surface area contributed by atoms with Crippen molar-refractivity contribution in [3.05, 3.63) is 4.91 Å². The van der Waals surface area contributed by atoms with Crippen LogP contribution in [0.1, 0.15) is 0 Å². The van der Waals surface area contributed by atoms with Crippen LogP contribution >= 0.6 is 21.6 Å². The first-order valence-electron chi connectivity index (χ1n) is 2.91. The summed E-state index contributed by atoms with van der Waals surface area (Å²) in [6, 6.07) is 0. The minimum absolute atomic E-state index is 0.631. The molecule has 6 heteroatoms. The minimum atomic E-state index is 0.631. The molecule has 0 rings (SSSR count). The van der Waals surface area contributed by atoms with E-state index in [2.05, 4.69) is 10.7 Å². The molecule has 0 saturated carbocycles. The molecule has 60 valence electrons. The molecule has 0 aliphatic heterocycles. The predicted molar refractivity (Wildman–Crippen MR) is 47.8 cm³/mol. The highest BCUT2D eigenvalue weighted by atomic mass is 33.1. The van der Waals surface area contributed by atoms with Gasteiger partial charge in [-0.3, -0.25) is 5.43 Å². The molecule has 0 saturated heterocycles. The summed E-state index contributed by atoms with van der Waals surface area (Å²) in [6.07, 6.45) is 0. The van der Waals surface area contributed by atoms with Crippen molar-refractivity contribution in [1.82, 2.24) is 5.43 Å². The van der Waals surface area contributed by atoms with E-state index in [-0.39, 0.29) is 0 Å². The summed E-state index contributed by atoms with van der Waals surface area (Å²) in [6.45, 7) is 1.34. The lowest BCUT2D eigenvalue weighted by Gasteiger charge is -1.96. The van der Waals surface area contributed by atoms with Crippen LogP contribution in [0.4, 0.5) is 0 Å². The Labute approximate surface area is 68.0 Å². The summed E-state index contributed by atoms with van der Waals surface area (Å²) in [4.78, 5) is 9.50. The summed E-state index contributed by atoms with van der Waals surface area (Å²) in [5.41, 5.74) is 7.58. The van der Waals surface area contributed by atoms with Gasteiger partial charge in [-0.25, -0.2) is 0 Å². The summed E-state index contributed by atoms with van der Waals surface area (Å²) < 4.78 is 0. The van der Waals surface area contributed by atoms with Gasteiger partial charge in [0.2, 0.25) is 0 Å². The van der Waals surface area contributed by atoms with Gasteiger partial charge in [0.15, 0.2) is 0 Å². The van der Waals surface area contributed by atoms with Gasteiger partial charge in [-0.1, -0.05) is 21.6 Å². The first-order chi connectivity index (χ1) is 4.91.